The minimum Gasteiger partial charge on any atom is -0.310 e. The van der Waals surface area contributed by atoms with Crippen molar-refractivity contribution >= 4 is 80.0 Å². The van der Waals surface area contributed by atoms with E-state index < -0.39 is 0 Å². The zero-order chi connectivity index (χ0) is 54.0. The van der Waals surface area contributed by atoms with Crippen molar-refractivity contribution in [1.82, 2.24) is 0 Å². The van der Waals surface area contributed by atoms with Crippen LogP contribution in [0.2, 0.25) is 0 Å². The largest absolute Gasteiger partial charge is 0.310 e. The van der Waals surface area contributed by atoms with E-state index >= 15 is 0 Å². The van der Waals surface area contributed by atoms with Crippen LogP contribution in [-0.2, 0) is 10.8 Å². The fourth-order valence-corrected chi connectivity index (χ4v) is 12.6. The van der Waals surface area contributed by atoms with Crippen LogP contribution in [0.1, 0.15) is 72.2 Å². The molecule has 2 heteroatoms. The summed E-state index contributed by atoms with van der Waals surface area (Å²) in [6, 6.07) is 98.0. The lowest BCUT2D eigenvalue weighted by molar-refractivity contribution is 0.660. The summed E-state index contributed by atoms with van der Waals surface area (Å²) in [6.07, 6.45) is 8.97. The molecule has 2 aliphatic carbocycles. The van der Waals surface area contributed by atoms with Crippen LogP contribution >= 0.6 is 0 Å². The third-order valence-corrected chi connectivity index (χ3v) is 17.0. The zero-order valence-corrected chi connectivity index (χ0v) is 45.6. The molecule has 80 heavy (non-hydrogen) atoms. The second-order valence-electron chi connectivity index (χ2n) is 22.6. The maximum atomic E-state index is 2.41. The molecule has 0 aliphatic heterocycles. The topological polar surface area (TPSA) is 6.48 Å². The summed E-state index contributed by atoms with van der Waals surface area (Å²) >= 11 is 0. The van der Waals surface area contributed by atoms with E-state index in [9.17, 15) is 0 Å². The molecule has 2 aliphatic rings. The number of benzene rings is 12. The summed E-state index contributed by atoms with van der Waals surface area (Å²) in [5.74, 6) is 0. The average molecular weight is 1030 g/mol. The summed E-state index contributed by atoms with van der Waals surface area (Å²) in [4.78, 5) is 4.77. The Kier molecular flexibility index (Phi) is 11.9. The van der Waals surface area contributed by atoms with Gasteiger partial charge in [-0.25, -0.2) is 0 Å². The van der Waals surface area contributed by atoms with E-state index in [1.165, 1.54) is 99.4 Å². The molecule has 0 spiro atoms. The molecular formula is C78H60N2. The van der Waals surface area contributed by atoms with E-state index in [2.05, 4.69) is 329 Å². The van der Waals surface area contributed by atoms with Crippen molar-refractivity contribution in [2.75, 3.05) is 9.80 Å². The Balaban J connectivity index is 0.655. The normalized spacial score (nSPS) is 13.6. The fourth-order valence-electron chi connectivity index (χ4n) is 12.6. The molecule has 0 unspecified atom stereocenters. The van der Waals surface area contributed by atoms with Crippen LogP contribution < -0.4 is 9.80 Å². The predicted octanol–water partition coefficient (Wildman–Crippen LogP) is 21.6. The number of hydrogen-bond acceptors (Lipinski definition) is 2. The highest BCUT2D eigenvalue weighted by atomic mass is 15.1. The smallest absolute Gasteiger partial charge is 0.0468 e. The molecule has 12 aromatic rings. The number of anilines is 6. The van der Waals surface area contributed by atoms with Gasteiger partial charge in [0.05, 0.1) is 0 Å². The zero-order valence-electron chi connectivity index (χ0n) is 45.6. The standard InChI is InChI=1S/C78H60N2/c1-77(2)73-47-55(31-43-69(73)71-45-41-67(51-75(71)77)79(63-19-7-5-8-20-63)65-39-37-57-15-11-13-17-61(57)49-65)25-23-53-27-33-59(34-28-53)60-35-29-54(30-36-60)24-26-56-32-44-70-72-46-42-68(52-76(72)78(3,4)74(70)48-56)80(64-21-9-6-10-22-64)66-40-38-58-16-12-14-18-62(58)50-66/h5-52H,1-4H3. The van der Waals surface area contributed by atoms with Gasteiger partial charge in [-0.15, -0.1) is 0 Å². The van der Waals surface area contributed by atoms with Crippen molar-refractivity contribution in [3.05, 3.63) is 311 Å². The number of rotatable bonds is 11. The first-order valence-electron chi connectivity index (χ1n) is 28.0. The number of nitrogens with zero attached hydrogens (tertiary/aromatic N) is 2. The Bertz CT molecular complexity index is 4100. The lowest BCUT2D eigenvalue weighted by atomic mass is 9.81. The first kappa shape index (κ1) is 48.6. The summed E-state index contributed by atoms with van der Waals surface area (Å²) in [6.45, 7) is 9.48. The van der Waals surface area contributed by atoms with Gasteiger partial charge in [0.15, 0.2) is 0 Å². The van der Waals surface area contributed by atoms with Crippen LogP contribution in [0.4, 0.5) is 34.1 Å². The van der Waals surface area contributed by atoms with E-state index in [1.807, 2.05) is 0 Å². The van der Waals surface area contributed by atoms with Crippen molar-refractivity contribution in [2.24, 2.45) is 0 Å². The van der Waals surface area contributed by atoms with E-state index in [1.54, 1.807) is 0 Å². The van der Waals surface area contributed by atoms with Gasteiger partial charge >= 0.3 is 0 Å². The lowest BCUT2D eigenvalue weighted by Gasteiger charge is -2.28. The molecule has 14 rings (SSSR count). The Morgan fingerprint density at radius 2 is 0.537 bits per heavy atom. The minimum absolute atomic E-state index is 0.173. The quantitative estimate of drug-likeness (QED) is 0.119. The molecule has 2 nitrogen and oxygen atoms in total. The van der Waals surface area contributed by atoms with Crippen molar-refractivity contribution in [1.29, 1.82) is 0 Å². The highest BCUT2D eigenvalue weighted by Gasteiger charge is 2.38. The average Bonchev–Trinajstić information content (AvgIpc) is 4.03. The molecule has 0 saturated carbocycles. The van der Waals surface area contributed by atoms with E-state index in [0.29, 0.717) is 0 Å². The van der Waals surface area contributed by atoms with Crippen molar-refractivity contribution in [3.63, 3.8) is 0 Å². The molecule has 0 aromatic heterocycles. The molecule has 0 bridgehead atoms. The minimum atomic E-state index is -0.173. The van der Waals surface area contributed by atoms with Gasteiger partial charge in [-0.1, -0.05) is 246 Å². The predicted molar refractivity (Wildman–Crippen MR) is 342 cm³/mol. The molecule has 12 aromatic carbocycles. The SMILES string of the molecule is CC1(C)c2cc(C=Cc3ccc(-c4ccc(C=Cc5ccc6c(c5)C(C)(C)c5cc(N(c7ccccc7)c7ccc8ccccc8c7)ccc5-6)cc4)cc3)ccc2-c2ccc(N(c3ccccc3)c3ccc4ccccc4c3)cc21. The number of hydrogen-bond donors (Lipinski definition) is 0. The third kappa shape index (κ3) is 8.71. The van der Waals surface area contributed by atoms with Crippen LogP contribution in [0.5, 0.6) is 0 Å². The highest BCUT2D eigenvalue weighted by Crippen LogP contribution is 2.53. The molecule has 0 radical (unpaired) electrons. The summed E-state index contributed by atoms with van der Waals surface area (Å²) < 4.78 is 0. The summed E-state index contributed by atoms with van der Waals surface area (Å²) in [7, 11) is 0. The van der Waals surface area contributed by atoms with Crippen LogP contribution in [0.3, 0.4) is 0 Å². The number of para-hydroxylation sites is 2. The van der Waals surface area contributed by atoms with E-state index in [4.69, 9.17) is 0 Å². The van der Waals surface area contributed by atoms with Crippen molar-refractivity contribution in [3.8, 4) is 33.4 Å². The molecular weight excluding hydrogens is 965 g/mol. The molecule has 0 N–H and O–H groups in total. The third-order valence-electron chi connectivity index (χ3n) is 17.0. The van der Waals surface area contributed by atoms with E-state index in [0.717, 1.165) is 34.1 Å². The maximum Gasteiger partial charge on any atom is 0.0468 e. The van der Waals surface area contributed by atoms with Crippen molar-refractivity contribution < 1.29 is 0 Å². The molecule has 0 fully saturated rings. The van der Waals surface area contributed by atoms with Gasteiger partial charge in [-0.05, 0) is 172 Å². The molecule has 0 heterocycles. The summed E-state index contributed by atoms with van der Waals surface area (Å²) in [5, 5.41) is 4.95. The van der Waals surface area contributed by atoms with Crippen molar-refractivity contribution in [2.45, 2.75) is 38.5 Å². The first-order chi connectivity index (χ1) is 39.1. The van der Waals surface area contributed by atoms with Gasteiger partial charge in [0.25, 0.3) is 0 Å². The highest BCUT2D eigenvalue weighted by molar-refractivity contribution is 5.93. The molecule has 0 atom stereocenters. The van der Waals surface area contributed by atoms with Crippen LogP contribution in [0.25, 0.3) is 79.2 Å². The van der Waals surface area contributed by atoms with Gasteiger partial charge in [-0.3, -0.25) is 0 Å². The molecule has 0 saturated heterocycles. The lowest BCUT2D eigenvalue weighted by Crippen LogP contribution is -2.16. The number of fused-ring (bicyclic) bond motifs is 8. The first-order valence-corrected chi connectivity index (χ1v) is 28.0. The van der Waals surface area contributed by atoms with Gasteiger partial charge in [0, 0.05) is 45.0 Å². The molecule has 0 amide bonds. The Morgan fingerprint density at radius 3 is 0.938 bits per heavy atom. The Labute approximate surface area is 470 Å². The molecule has 382 valence electrons. The van der Waals surface area contributed by atoms with Gasteiger partial charge in [0.1, 0.15) is 0 Å². The van der Waals surface area contributed by atoms with Crippen LogP contribution in [0.15, 0.2) is 267 Å². The monoisotopic (exact) mass is 1020 g/mol. The maximum absolute atomic E-state index is 2.41. The van der Waals surface area contributed by atoms with Crippen LogP contribution in [0, 0.1) is 0 Å². The van der Waals surface area contributed by atoms with Gasteiger partial charge in [-0.2, -0.15) is 0 Å². The second kappa shape index (κ2) is 19.6. The van der Waals surface area contributed by atoms with Gasteiger partial charge in [0.2, 0.25) is 0 Å². The van der Waals surface area contributed by atoms with E-state index in [-0.39, 0.29) is 10.8 Å². The second-order valence-corrected chi connectivity index (χ2v) is 22.6. The fraction of sp³-hybridized carbons (Fsp3) is 0.0769. The Hall–Kier alpha value is -9.76. The Morgan fingerprint density at radius 1 is 0.237 bits per heavy atom. The summed E-state index contributed by atoms with van der Waals surface area (Å²) in [5.41, 5.74) is 24.4. The van der Waals surface area contributed by atoms with Crippen LogP contribution in [-0.4, -0.2) is 0 Å². The van der Waals surface area contributed by atoms with Gasteiger partial charge < -0.3 is 9.80 Å².